The molecule has 6 nitrogen and oxygen atoms in total. The van der Waals surface area contributed by atoms with E-state index < -0.39 is 22.7 Å². The number of ether oxygens (including phenoxy) is 3. The van der Waals surface area contributed by atoms with E-state index in [1.54, 1.807) is 14.2 Å². The van der Waals surface area contributed by atoms with E-state index in [1.807, 2.05) is 36.4 Å². The maximum absolute atomic E-state index is 11.9. The summed E-state index contributed by atoms with van der Waals surface area (Å²) in [5.41, 5.74) is 2.84. The minimum Gasteiger partial charge on any atom is -0.492 e. The lowest BCUT2D eigenvalue weighted by Gasteiger charge is -2.40. The molecule has 0 aromatic heterocycles. The maximum atomic E-state index is 11.9. The van der Waals surface area contributed by atoms with Gasteiger partial charge in [0.25, 0.3) is 0 Å². The summed E-state index contributed by atoms with van der Waals surface area (Å²) in [6.07, 6.45) is 2.14. The van der Waals surface area contributed by atoms with Gasteiger partial charge < -0.3 is 28.2 Å². The van der Waals surface area contributed by atoms with Crippen molar-refractivity contribution in [2.75, 3.05) is 14.2 Å². The minimum atomic E-state index is -2.12. The van der Waals surface area contributed by atoms with Crippen molar-refractivity contribution in [1.82, 2.24) is 0 Å². The lowest BCUT2D eigenvalue weighted by atomic mass is 9.98. The Morgan fingerprint density at radius 1 is 0.884 bits per heavy atom. The Labute approximate surface area is 275 Å². The molecule has 0 aliphatic heterocycles. The van der Waals surface area contributed by atoms with Crippen LogP contribution in [0, 0.1) is 3.57 Å². The SMILES string of the molecule is COc1c(OCc2ccccc2)cc(I)c(C[C@@H](O)C2=C[C@H](O[Si](C)(C)C(C)(C)C)C[C@@H]2O[Si](C)(C)C(C)(C)C)c1OC. The molecule has 0 amide bonds. The summed E-state index contributed by atoms with van der Waals surface area (Å²) < 4.78 is 32.6. The molecule has 43 heavy (non-hydrogen) atoms. The second-order valence-corrected chi connectivity index (χ2v) is 25.3. The fourth-order valence-corrected chi connectivity index (χ4v) is 8.05. The van der Waals surface area contributed by atoms with Gasteiger partial charge in [0.05, 0.1) is 32.5 Å². The highest BCUT2D eigenvalue weighted by molar-refractivity contribution is 14.1. The molecular weight excluding hydrogens is 687 g/mol. The van der Waals surface area contributed by atoms with Crippen molar-refractivity contribution < 1.29 is 28.2 Å². The van der Waals surface area contributed by atoms with Crippen LogP contribution in [-0.2, 0) is 21.9 Å². The van der Waals surface area contributed by atoms with Crippen LogP contribution in [0.2, 0.25) is 36.3 Å². The van der Waals surface area contributed by atoms with Gasteiger partial charge in [-0.05, 0) is 76.1 Å². The number of hydrogen-bond acceptors (Lipinski definition) is 6. The monoisotopic (exact) mass is 740 g/mol. The molecule has 240 valence electrons. The normalized spacial score (nSPS) is 18.8. The van der Waals surface area contributed by atoms with Gasteiger partial charge in [-0.3, -0.25) is 0 Å². The number of benzene rings is 2. The first kappa shape index (κ1) is 36.1. The largest absolute Gasteiger partial charge is 0.492 e. The van der Waals surface area contributed by atoms with Gasteiger partial charge in [-0.15, -0.1) is 0 Å². The van der Waals surface area contributed by atoms with E-state index in [-0.39, 0.29) is 22.3 Å². The van der Waals surface area contributed by atoms with Gasteiger partial charge in [0.15, 0.2) is 28.1 Å². The molecule has 0 heterocycles. The van der Waals surface area contributed by atoms with E-state index in [4.69, 9.17) is 23.1 Å². The average Bonchev–Trinajstić information content (AvgIpc) is 3.28. The number of aliphatic hydroxyl groups excluding tert-OH is 1. The average molecular weight is 741 g/mol. The predicted molar refractivity (Wildman–Crippen MR) is 190 cm³/mol. The highest BCUT2D eigenvalue weighted by Gasteiger charge is 2.45. The van der Waals surface area contributed by atoms with Gasteiger partial charge in [-0.25, -0.2) is 0 Å². The van der Waals surface area contributed by atoms with Crippen LogP contribution in [0.1, 0.15) is 59.1 Å². The molecule has 0 radical (unpaired) electrons. The van der Waals surface area contributed by atoms with Crippen LogP contribution in [0.4, 0.5) is 0 Å². The molecule has 0 bridgehead atoms. The third-order valence-corrected chi connectivity index (χ3v) is 19.3. The molecular formula is C34H53IO6Si2. The Bertz CT molecular complexity index is 1260. The molecule has 0 spiro atoms. The highest BCUT2D eigenvalue weighted by Crippen LogP contribution is 2.46. The van der Waals surface area contributed by atoms with Crippen molar-refractivity contribution in [3.8, 4) is 17.2 Å². The molecule has 2 aromatic carbocycles. The van der Waals surface area contributed by atoms with Crippen molar-refractivity contribution in [1.29, 1.82) is 0 Å². The number of rotatable bonds is 12. The fraction of sp³-hybridized carbons (Fsp3) is 0.588. The zero-order chi connectivity index (χ0) is 32.4. The Morgan fingerprint density at radius 3 is 1.98 bits per heavy atom. The lowest BCUT2D eigenvalue weighted by molar-refractivity contribution is 0.130. The smallest absolute Gasteiger partial charge is 0.203 e. The van der Waals surface area contributed by atoms with E-state index >= 15 is 0 Å². The second-order valence-electron chi connectivity index (χ2n) is 14.6. The third-order valence-electron chi connectivity index (χ3n) is 9.37. The van der Waals surface area contributed by atoms with E-state index in [1.165, 1.54) is 0 Å². The topological polar surface area (TPSA) is 66.4 Å². The Morgan fingerprint density at radius 2 is 1.44 bits per heavy atom. The summed E-state index contributed by atoms with van der Waals surface area (Å²) >= 11 is 2.30. The molecule has 0 fully saturated rings. The second kappa shape index (κ2) is 13.9. The van der Waals surface area contributed by atoms with Crippen LogP contribution in [0.25, 0.3) is 0 Å². The molecule has 1 aliphatic rings. The highest BCUT2D eigenvalue weighted by atomic mass is 127. The molecule has 1 N–H and O–H groups in total. The van der Waals surface area contributed by atoms with Crippen LogP contribution in [0.3, 0.4) is 0 Å². The van der Waals surface area contributed by atoms with Gasteiger partial charge in [-0.1, -0.05) is 78.0 Å². The van der Waals surface area contributed by atoms with Crippen molar-refractivity contribution >= 4 is 39.2 Å². The molecule has 9 heteroatoms. The number of methoxy groups -OCH3 is 2. The van der Waals surface area contributed by atoms with Crippen LogP contribution >= 0.6 is 22.6 Å². The molecule has 0 saturated carbocycles. The standard InChI is InChI=1S/C34H53IO6Si2/c1-33(2,3)42(9,10)40-24-18-26(29(19-24)41-43(11,12)34(4,5)6)28(36)20-25-27(35)21-30(32(38-8)31(25)37-7)39-22-23-16-14-13-15-17-23/h13-18,21,24,28-29,36H,19-20,22H2,1-12H3/t24-,28+,29-/m0/s1. The summed E-state index contributed by atoms with van der Waals surface area (Å²) in [6, 6.07) is 12.0. The summed E-state index contributed by atoms with van der Waals surface area (Å²) in [5, 5.41) is 12.0. The molecule has 1 aliphatic carbocycles. The Hall–Kier alpha value is -1.38. The van der Waals surface area contributed by atoms with E-state index in [0.29, 0.717) is 30.3 Å². The quantitative estimate of drug-likeness (QED) is 0.133. The number of halogens is 1. The predicted octanol–water partition coefficient (Wildman–Crippen LogP) is 8.90. The van der Waals surface area contributed by atoms with Crippen molar-refractivity contribution in [2.45, 2.75) is 116 Å². The first-order valence-corrected chi connectivity index (χ1v) is 22.1. The van der Waals surface area contributed by atoms with E-state index in [2.05, 4.69) is 96.4 Å². The van der Waals surface area contributed by atoms with Gasteiger partial charge in [0.1, 0.15) is 6.61 Å². The lowest BCUT2D eigenvalue weighted by Crippen LogP contribution is -2.46. The Kier molecular flexibility index (Phi) is 11.7. The van der Waals surface area contributed by atoms with Crippen molar-refractivity contribution in [3.05, 3.63) is 62.7 Å². The number of aliphatic hydroxyl groups is 1. The van der Waals surface area contributed by atoms with Crippen LogP contribution in [0.5, 0.6) is 17.2 Å². The molecule has 0 unspecified atom stereocenters. The van der Waals surface area contributed by atoms with Crippen LogP contribution < -0.4 is 14.2 Å². The van der Waals surface area contributed by atoms with Gasteiger partial charge in [-0.2, -0.15) is 0 Å². The molecule has 3 rings (SSSR count). The number of hydrogen-bond donors (Lipinski definition) is 1. The van der Waals surface area contributed by atoms with Crippen molar-refractivity contribution in [3.63, 3.8) is 0 Å². The van der Waals surface area contributed by atoms with E-state index in [9.17, 15) is 5.11 Å². The molecule has 3 atom stereocenters. The first-order valence-electron chi connectivity index (χ1n) is 15.2. The van der Waals surface area contributed by atoms with Crippen LogP contribution in [0.15, 0.2) is 48.0 Å². The first-order chi connectivity index (χ1) is 19.8. The zero-order valence-electron chi connectivity index (χ0n) is 28.3. The van der Waals surface area contributed by atoms with Crippen molar-refractivity contribution in [2.24, 2.45) is 0 Å². The Balaban J connectivity index is 1.95. The van der Waals surface area contributed by atoms with Gasteiger partial charge in [0, 0.05) is 22.0 Å². The summed E-state index contributed by atoms with van der Waals surface area (Å²) in [5.74, 6) is 1.70. The van der Waals surface area contributed by atoms with Gasteiger partial charge in [0.2, 0.25) is 5.75 Å². The third kappa shape index (κ3) is 8.67. The van der Waals surface area contributed by atoms with E-state index in [0.717, 1.165) is 26.7 Å². The maximum Gasteiger partial charge on any atom is 0.203 e. The molecule has 2 aromatic rings. The van der Waals surface area contributed by atoms with Crippen LogP contribution in [-0.4, -0.2) is 54.3 Å². The summed E-state index contributed by atoms with van der Waals surface area (Å²) in [7, 11) is -0.904. The summed E-state index contributed by atoms with van der Waals surface area (Å²) in [6.45, 7) is 23.0. The minimum absolute atomic E-state index is 0.0446. The molecule has 0 saturated heterocycles. The fourth-order valence-electron chi connectivity index (χ4n) is 4.73. The van der Waals surface area contributed by atoms with Gasteiger partial charge >= 0.3 is 0 Å². The summed E-state index contributed by atoms with van der Waals surface area (Å²) in [4.78, 5) is 0. The zero-order valence-corrected chi connectivity index (χ0v) is 32.4.